The van der Waals surface area contributed by atoms with E-state index in [0.717, 1.165) is 81.9 Å². The Kier molecular flexibility index (Phi) is 18.5. The van der Waals surface area contributed by atoms with Gasteiger partial charge in [0.2, 0.25) is 0 Å². The van der Waals surface area contributed by atoms with E-state index in [1.165, 1.54) is 38.4 Å². The molecule has 3 rings (SSSR count). The molecule has 2 unspecified atom stereocenters. The van der Waals surface area contributed by atoms with E-state index in [2.05, 4.69) is 76.1 Å². The van der Waals surface area contributed by atoms with Gasteiger partial charge in [-0.15, -0.1) is 0 Å². The largest absolute Gasteiger partial charge is 0.453 e. The number of nitrogens with one attached hydrogen (secondary N) is 1. The van der Waals surface area contributed by atoms with Gasteiger partial charge < -0.3 is 10.5 Å². The van der Waals surface area contributed by atoms with Gasteiger partial charge in [-0.25, -0.2) is 9.78 Å². The Morgan fingerprint density at radius 2 is 1.95 bits per heavy atom. The van der Waals surface area contributed by atoms with Crippen LogP contribution in [0.25, 0.3) is 10.9 Å². The van der Waals surface area contributed by atoms with Gasteiger partial charge in [-0.3, -0.25) is 10.3 Å². The molecule has 2 aromatic rings. The van der Waals surface area contributed by atoms with E-state index >= 15 is 0 Å². The molecule has 3 N–H and O–H groups in total. The van der Waals surface area contributed by atoms with Crippen molar-refractivity contribution >= 4 is 45.5 Å². The van der Waals surface area contributed by atoms with E-state index in [9.17, 15) is 4.79 Å². The van der Waals surface area contributed by atoms with Gasteiger partial charge in [0.1, 0.15) is 5.82 Å². The van der Waals surface area contributed by atoms with Crippen molar-refractivity contribution < 1.29 is 9.53 Å². The third kappa shape index (κ3) is 13.1. The number of nitrogens with two attached hydrogens (primary N) is 1. The number of fused-ring (bicyclic) bond motifs is 1. The minimum atomic E-state index is -0.478. The third-order valence-corrected chi connectivity index (χ3v) is 8.42. The summed E-state index contributed by atoms with van der Waals surface area (Å²) in [6.45, 7) is 18.0. The number of ether oxygens (including phenoxy) is 1. The highest BCUT2D eigenvalue weighted by molar-refractivity contribution is 9.10. The normalized spacial score (nSPS) is 17.2. The Morgan fingerprint density at radius 3 is 2.53 bits per heavy atom. The second-order valence-corrected chi connectivity index (χ2v) is 11.9. The molecule has 0 spiro atoms. The maximum absolute atomic E-state index is 11.6. The van der Waals surface area contributed by atoms with Crippen molar-refractivity contribution in [2.75, 3.05) is 12.8 Å². The molecule has 1 amide bonds. The first-order valence-corrected chi connectivity index (χ1v) is 16.7. The summed E-state index contributed by atoms with van der Waals surface area (Å²) in [5, 5.41) is 3.94. The maximum atomic E-state index is 11.6. The summed E-state index contributed by atoms with van der Waals surface area (Å²) in [5.41, 5.74) is 11.7. The van der Waals surface area contributed by atoms with E-state index in [1.54, 1.807) is 0 Å². The van der Waals surface area contributed by atoms with Crippen LogP contribution in [0.5, 0.6) is 0 Å². The molecule has 1 aromatic carbocycles. The Morgan fingerprint density at radius 1 is 1.23 bits per heavy atom. The van der Waals surface area contributed by atoms with E-state index in [0.29, 0.717) is 5.82 Å². The molecule has 1 aliphatic rings. The number of halogens is 1. The molecular formula is C36H55BrN4O2. The van der Waals surface area contributed by atoms with Crippen LogP contribution in [0.1, 0.15) is 105 Å². The van der Waals surface area contributed by atoms with Crippen molar-refractivity contribution in [3.05, 3.63) is 69.0 Å². The second kappa shape index (κ2) is 20.9. The van der Waals surface area contributed by atoms with Crippen LogP contribution in [0, 0.1) is 11.8 Å². The van der Waals surface area contributed by atoms with Crippen LogP contribution < -0.4 is 11.1 Å². The number of methoxy groups -OCH3 is 1. The Labute approximate surface area is 269 Å². The molecule has 1 fully saturated rings. The van der Waals surface area contributed by atoms with Gasteiger partial charge in [0, 0.05) is 16.7 Å². The number of allylic oxidation sites excluding steroid dienone is 4. The van der Waals surface area contributed by atoms with Gasteiger partial charge in [0.15, 0.2) is 0 Å². The third-order valence-electron chi connectivity index (χ3n) is 7.78. The fraction of sp³-hybridized carbons (Fsp3) is 0.528. The number of unbranched alkanes of at least 4 members (excludes halogenated alkanes) is 2. The molecule has 7 heteroatoms. The first kappa shape index (κ1) is 38.1. The van der Waals surface area contributed by atoms with Gasteiger partial charge in [-0.1, -0.05) is 84.6 Å². The Hall–Kier alpha value is -2.93. The zero-order valence-electron chi connectivity index (χ0n) is 27.9. The van der Waals surface area contributed by atoms with Gasteiger partial charge in [-0.2, -0.15) is 0 Å². The Bertz CT molecular complexity index is 1270. The molecule has 1 saturated carbocycles. The lowest BCUT2D eigenvalue weighted by molar-refractivity contribution is 0.174. The van der Waals surface area contributed by atoms with Gasteiger partial charge in [-0.05, 0) is 104 Å². The number of hydrogen-bond acceptors (Lipinski definition) is 5. The van der Waals surface area contributed by atoms with Gasteiger partial charge in [0.05, 0.1) is 22.8 Å². The second-order valence-electron chi connectivity index (χ2n) is 11.0. The SMILES string of the molecule is C=N/C(C)=C(/C=C\CCCC)C(\NC(=O)OC)=C(/C)CC.CC.CC1CCC(CCc2ccc3cc(Br)c(N)nc3c2)C1. The molecule has 1 heterocycles. The van der Waals surface area contributed by atoms with E-state index in [4.69, 9.17) is 10.5 Å². The molecule has 6 nitrogen and oxygen atoms in total. The van der Waals surface area contributed by atoms with Crippen LogP contribution in [0.15, 0.2) is 68.4 Å². The summed E-state index contributed by atoms with van der Waals surface area (Å²) >= 11 is 3.43. The highest BCUT2D eigenvalue weighted by Crippen LogP contribution is 2.33. The molecule has 0 radical (unpaired) electrons. The van der Waals surface area contributed by atoms with Crippen molar-refractivity contribution in [3.8, 4) is 0 Å². The number of benzene rings is 1. The average Bonchev–Trinajstić information content (AvgIpc) is 3.45. The molecule has 0 saturated heterocycles. The number of hydrogen-bond donors (Lipinski definition) is 2. The fourth-order valence-corrected chi connectivity index (χ4v) is 5.38. The molecular weight excluding hydrogens is 600 g/mol. The number of aliphatic imine (C=N–C) groups is 1. The molecule has 43 heavy (non-hydrogen) atoms. The van der Waals surface area contributed by atoms with E-state index in [-0.39, 0.29) is 0 Å². The minimum Gasteiger partial charge on any atom is -0.453 e. The predicted molar refractivity (Wildman–Crippen MR) is 189 cm³/mol. The van der Waals surface area contributed by atoms with Gasteiger partial charge >= 0.3 is 6.09 Å². The summed E-state index contributed by atoms with van der Waals surface area (Å²) in [5.74, 6) is 2.42. The summed E-state index contributed by atoms with van der Waals surface area (Å²) in [7, 11) is 1.35. The predicted octanol–water partition coefficient (Wildman–Crippen LogP) is 10.7. The van der Waals surface area contributed by atoms with Crippen molar-refractivity contribution in [2.45, 2.75) is 106 Å². The fourth-order valence-electron chi connectivity index (χ4n) is 5.04. The summed E-state index contributed by atoms with van der Waals surface area (Å²) in [6, 6.07) is 8.61. The highest BCUT2D eigenvalue weighted by atomic mass is 79.9. The Balaban J connectivity index is 0.000000406. The monoisotopic (exact) mass is 654 g/mol. The zero-order valence-corrected chi connectivity index (χ0v) is 29.4. The zero-order chi connectivity index (χ0) is 32.4. The lowest BCUT2D eigenvalue weighted by atomic mass is 9.97. The first-order chi connectivity index (χ1) is 20.6. The number of carbonyl (C=O) groups excluding carboxylic acids is 1. The standard InChI is InChI=1S/C17H21BrN2.C17H28N2O2.C2H6/c1-11-2-3-12(8-11)4-5-13-6-7-14-10-15(18)17(19)20-16(14)9-13;1-7-9-10-11-12-15(14(4)18-5)16(13(3)8-2)19-17(20)21-6;1-2/h6-7,9-12H,2-5,8H2,1H3,(H2,19,20);11-12H,5,7-10H2,1-4,6H3,(H,19,20);1-2H3/b;12-11-,15-14-,16-13-;. The molecule has 0 aliphatic heterocycles. The minimum absolute atomic E-state index is 0.478. The molecule has 238 valence electrons. The molecule has 2 atom stereocenters. The van der Waals surface area contributed by atoms with Crippen LogP contribution in [-0.2, 0) is 11.2 Å². The van der Waals surface area contributed by atoms with Crippen molar-refractivity contribution in [3.63, 3.8) is 0 Å². The smallest absolute Gasteiger partial charge is 0.411 e. The molecule has 1 aromatic heterocycles. The van der Waals surface area contributed by atoms with Crippen molar-refractivity contribution in [1.82, 2.24) is 10.3 Å². The van der Waals surface area contributed by atoms with Crippen LogP contribution in [0.3, 0.4) is 0 Å². The number of nitrogens with zero attached hydrogens (tertiary/aromatic N) is 2. The summed E-state index contributed by atoms with van der Waals surface area (Å²) in [6.07, 6.45) is 14.4. The van der Waals surface area contributed by atoms with Crippen molar-refractivity contribution in [2.24, 2.45) is 16.8 Å². The number of nitrogen functional groups attached to an aromatic ring is 1. The number of aryl methyl sites for hydroxylation is 1. The number of aromatic nitrogens is 1. The van der Waals surface area contributed by atoms with Crippen molar-refractivity contribution in [1.29, 1.82) is 0 Å². The van der Waals surface area contributed by atoms with Crippen LogP contribution >= 0.6 is 15.9 Å². The van der Waals surface area contributed by atoms with Crippen LogP contribution in [-0.4, -0.2) is 24.9 Å². The number of amides is 1. The van der Waals surface area contributed by atoms with E-state index in [1.807, 2.05) is 46.8 Å². The average molecular weight is 656 g/mol. The highest BCUT2D eigenvalue weighted by Gasteiger charge is 2.20. The van der Waals surface area contributed by atoms with Gasteiger partial charge in [0.25, 0.3) is 0 Å². The van der Waals surface area contributed by atoms with Crippen LogP contribution in [0.4, 0.5) is 10.6 Å². The lowest BCUT2D eigenvalue weighted by Crippen LogP contribution is -2.24. The topological polar surface area (TPSA) is 89.6 Å². The number of alkyl carbamates (subject to hydrolysis) is 1. The number of rotatable bonds is 11. The number of carbonyl (C=O) groups is 1. The summed E-state index contributed by atoms with van der Waals surface area (Å²) in [4.78, 5) is 20.0. The first-order valence-electron chi connectivity index (χ1n) is 15.9. The number of pyridine rings is 1. The van der Waals surface area contributed by atoms with E-state index < -0.39 is 6.09 Å². The quantitative estimate of drug-likeness (QED) is 0.143. The maximum Gasteiger partial charge on any atom is 0.411 e. The van der Waals surface area contributed by atoms with Crippen LogP contribution in [0.2, 0.25) is 0 Å². The summed E-state index contributed by atoms with van der Waals surface area (Å²) < 4.78 is 5.58. The molecule has 0 bridgehead atoms. The number of anilines is 1. The molecule has 1 aliphatic carbocycles. The lowest BCUT2D eigenvalue weighted by Gasteiger charge is -2.15.